The lowest BCUT2D eigenvalue weighted by Gasteiger charge is -2.14. The molecule has 1 heterocycles. The zero-order valence-corrected chi connectivity index (χ0v) is 12.2. The van der Waals surface area contributed by atoms with Crippen molar-refractivity contribution >= 4 is 0 Å². The molecule has 6 heteroatoms. The van der Waals surface area contributed by atoms with Crippen LogP contribution in [0.2, 0.25) is 0 Å². The van der Waals surface area contributed by atoms with E-state index in [4.69, 9.17) is 0 Å². The number of halogens is 3. The maximum atomic E-state index is 12.6. The lowest BCUT2D eigenvalue weighted by molar-refractivity contribution is -0.137. The van der Waals surface area contributed by atoms with Crippen molar-refractivity contribution in [2.75, 3.05) is 7.05 Å². The number of hydrogen-bond acceptors (Lipinski definition) is 2. The van der Waals surface area contributed by atoms with Gasteiger partial charge in [0.15, 0.2) is 0 Å². The van der Waals surface area contributed by atoms with Gasteiger partial charge in [-0.05, 0) is 37.2 Å². The molecule has 2 aromatic rings. The summed E-state index contributed by atoms with van der Waals surface area (Å²) in [5.74, 6) is 0.221. The number of nitrogens with one attached hydrogen (secondary N) is 1. The first-order valence-electron chi connectivity index (χ1n) is 6.73. The van der Waals surface area contributed by atoms with Crippen LogP contribution in [0.15, 0.2) is 30.5 Å². The summed E-state index contributed by atoms with van der Waals surface area (Å²) >= 11 is 0. The molecule has 1 aromatic heterocycles. The van der Waals surface area contributed by atoms with Gasteiger partial charge in [0, 0.05) is 12.1 Å². The van der Waals surface area contributed by atoms with Gasteiger partial charge in [0.05, 0.1) is 23.1 Å². The molecule has 2 rings (SSSR count). The van der Waals surface area contributed by atoms with Crippen LogP contribution in [-0.2, 0) is 12.7 Å². The number of hydrogen-bond donors (Lipinski definition) is 1. The van der Waals surface area contributed by atoms with Gasteiger partial charge in [0.25, 0.3) is 0 Å². The Morgan fingerprint density at radius 1 is 1.19 bits per heavy atom. The molecule has 1 N–H and O–H groups in total. The van der Waals surface area contributed by atoms with Gasteiger partial charge in [-0.1, -0.05) is 13.8 Å². The van der Waals surface area contributed by atoms with Crippen molar-refractivity contribution in [1.82, 2.24) is 15.1 Å². The summed E-state index contributed by atoms with van der Waals surface area (Å²) < 4.78 is 39.5. The summed E-state index contributed by atoms with van der Waals surface area (Å²) in [7, 11) is 1.85. The van der Waals surface area contributed by atoms with Crippen LogP contribution in [0.4, 0.5) is 13.2 Å². The van der Waals surface area contributed by atoms with E-state index >= 15 is 0 Å². The molecule has 114 valence electrons. The zero-order chi connectivity index (χ0) is 15.6. The van der Waals surface area contributed by atoms with E-state index in [2.05, 4.69) is 10.4 Å². The van der Waals surface area contributed by atoms with Crippen molar-refractivity contribution in [3.8, 4) is 5.69 Å². The molecule has 3 nitrogen and oxygen atoms in total. The molecule has 0 aliphatic rings. The van der Waals surface area contributed by atoms with E-state index in [1.165, 1.54) is 12.1 Å². The van der Waals surface area contributed by atoms with Crippen molar-refractivity contribution in [1.29, 1.82) is 0 Å². The summed E-state index contributed by atoms with van der Waals surface area (Å²) in [5.41, 5.74) is 2.03. The van der Waals surface area contributed by atoms with E-state index in [9.17, 15) is 13.2 Å². The van der Waals surface area contributed by atoms with Crippen molar-refractivity contribution < 1.29 is 13.2 Å². The molecule has 0 amide bonds. The molecular weight excluding hydrogens is 279 g/mol. The first kappa shape index (κ1) is 15.6. The molecule has 0 saturated heterocycles. The van der Waals surface area contributed by atoms with Gasteiger partial charge in [0.2, 0.25) is 0 Å². The molecule has 0 unspecified atom stereocenters. The fourth-order valence-corrected chi connectivity index (χ4v) is 2.33. The standard InChI is InChI=1S/C15H18F3N3/c1-10(2)14-11(8-19-3)9-20-21(14)13-6-4-12(5-7-13)15(16,17)18/h4-7,9-10,19H,8H2,1-3H3. The van der Waals surface area contributed by atoms with Crippen LogP contribution >= 0.6 is 0 Å². The first-order chi connectivity index (χ1) is 9.84. The largest absolute Gasteiger partial charge is 0.416 e. The molecule has 0 saturated carbocycles. The molecule has 21 heavy (non-hydrogen) atoms. The molecule has 0 bridgehead atoms. The lowest BCUT2D eigenvalue weighted by atomic mass is 10.1. The molecule has 0 atom stereocenters. The van der Waals surface area contributed by atoms with E-state index in [1.807, 2.05) is 20.9 Å². The lowest BCUT2D eigenvalue weighted by Crippen LogP contribution is -2.11. The Hall–Kier alpha value is -1.82. The third kappa shape index (κ3) is 3.26. The third-order valence-electron chi connectivity index (χ3n) is 3.24. The quantitative estimate of drug-likeness (QED) is 0.932. The fraction of sp³-hybridized carbons (Fsp3) is 0.400. The highest BCUT2D eigenvalue weighted by molar-refractivity contribution is 5.39. The van der Waals surface area contributed by atoms with Crippen molar-refractivity contribution in [2.45, 2.75) is 32.5 Å². The average molecular weight is 297 g/mol. The molecule has 0 aliphatic carbocycles. The second-order valence-corrected chi connectivity index (χ2v) is 5.20. The van der Waals surface area contributed by atoms with Crippen molar-refractivity contribution in [3.63, 3.8) is 0 Å². The Bertz CT molecular complexity index is 598. The van der Waals surface area contributed by atoms with Crippen LogP contribution in [-0.4, -0.2) is 16.8 Å². The van der Waals surface area contributed by atoms with E-state index in [0.717, 1.165) is 23.4 Å². The highest BCUT2D eigenvalue weighted by Gasteiger charge is 2.30. The fourth-order valence-electron chi connectivity index (χ4n) is 2.33. The van der Waals surface area contributed by atoms with Crippen LogP contribution in [0, 0.1) is 0 Å². The molecule has 0 spiro atoms. The molecule has 0 radical (unpaired) electrons. The SMILES string of the molecule is CNCc1cnn(-c2ccc(C(F)(F)F)cc2)c1C(C)C. The number of benzene rings is 1. The van der Waals surface area contributed by atoms with Crippen LogP contribution in [0.3, 0.4) is 0 Å². The van der Waals surface area contributed by atoms with Gasteiger partial charge in [-0.3, -0.25) is 0 Å². The summed E-state index contributed by atoms with van der Waals surface area (Å²) in [6.45, 7) is 4.75. The maximum absolute atomic E-state index is 12.6. The molecule has 0 aliphatic heterocycles. The predicted octanol–water partition coefficient (Wildman–Crippen LogP) is 3.73. The average Bonchev–Trinajstić information content (AvgIpc) is 2.82. The second kappa shape index (κ2) is 5.89. The minimum Gasteiger partial charge on any atom is -0.316 e. The van der Waals surface area contributed by atoms with Gasteiger partial charge >= 0.3 is 6.18 Å². The number of aromatic nitrogens is 2. The molecule has 0 fully saturated rings. The minimum atomic E-state index is -4.32. The number of nitrogens with zero attached hydrogens (tertiary/aromatic N) is 2. The Labute approximate surface area is 121 Å². The van der Waals surface area contributed by atoms with Gasteiger partial charge in [0.1, 0.15) is 0 Å². The van der Waals surface area contributed by atoms with E-state index in [-0.39, 0.29) is 5.92 Å². The monoisotopic (exact) mass is 297 g/mol. The topological polar surface area (TPSA) is 29.9 Å². The smallest absolute Gasteiger partial charge is 0.316 e. The first-order valence-corrected chi connectivity index (χ1v) is 6.73. The zero-order valence-electron chi connectivity index (χ0n) is 12.2. The van der Waals surface area contributed by atoms with Crippen LogP contribution < -0.4 is 5.32 Å². The second-order valence-electron chi connectivity index (χ2n) is 5.20. The summed E-state index contributed by atoms with van der Waals surface area (Å²) in [5, 5.41) is 7.38. The normalized spacial score (nSPS) is 12.1. The third-order valence-corrected chi connectivity index (χ3v) is 3.24. The summed E-state index contributed by atoms with van der Waals surface area (Å²) in [6.07, 6.45) is -2.57. The highest BCUT2D eigenvalue weighted by Crippen LogP contribution is 2.30. The Morgan fingerprint density at radius 3 is 2.29 bits per heavy atom. The maximum Gasteiger partial charge on any atom is 0.416 e. The predicted molar refractivity (Wildman–Crippen MR) is 75.4 cm³/mol. The van der Waals surface area contributed by atoms with Crippen LogP contribution in [0.25, 0.3) is 5.69 Å². The van der Waals surface area contributed by atoms with Crippen LogP contribution in [0.5, 0.6) is 0 Å². The van der Waals surface area contributed by atoms with Gasteiger partial charge in [-0.15, -0.1) is 0 Å². The van der Waals surface area contributed by atoms with Gasteiger partial charge in [-0.25, -0.2) is 4.68 Å². The molecule has 1 aromatic carbocycles. The van der Waals surface area contributed by atoms with Crippen molar-refractivity contribution in [3.05, 3.63) is 47.3 Å². The molecular formula is C15H18F3N3. The van der Waals surface area contributed by atoms with E-state index in [0.29, 0.717) is 12.2 Å². The van der Waals surface area contributed by atoms with E-state index < -0.39 is 11.7 Å². The summed E-state index contributed by atoms with van der Waals surface area (Å²) in [4.78, 5) is 0. The number of alkyl halides is 3. The minimum absolute atomic E-state index is 0.221. The van der Waals surface area contributed by atoms with Crippen molar-refractivity contribution in [2.24, 2.45) is 0 Å². The van der Waals surface area contributed by atoms with Gasteiger partial charge in [-0.2, -0.15) is 18.3 Å². The Kier molecular flexibility index (Phi) is 4.37. The number of rotatable bonds is 4. The Morgan fingerprint density at radius 2 is 1.81 bits per heavy atom. The highest BCUT2D eigenvalue weighted by atomic mass is 19.4. The Balaban J connectivity index is 2.42. The summed E-state index contributed by atoms with van der Waals surface area (Å²) in [6, 6.07) is 5.06. The van der Waals surface area contributed by atoms with Gasteiger partial charge < -0.3 is 5.32 Å². The van der Waals surface area contributed by atoms with Crippen LogP contribution in [0.1, 0.15) is 36.6 Å². The van der Waals surface area contributed by atoms with E-state index in [1.54, 1.807) is 10.9 Å².